The predicted molar refractivity (Wildman–Crippen MR) is 62.5 cm³/mol. The van der Waals surface area contributed by atoms with Crippen LogP contribution in [-0.4, -0.2) is 40.8 Å². The molecule has 9 heteroatoms. The van der Waals surface area contributed by atoms with Crippen LogP contribution in [0.4, 0.5) is 19.1 Å². The van der Waals surface area contributed by atoms with E-state index < -0.39 is 19.2 Å². The van der Waals surface area contributed by atoms with Crippen LogP contribution in [0.3, 0.4) is 0 Å². The Morgan fingerprint density at radius 1 is 1.16 bits per heavy atom. The molecule has 0 aromatic carbocycles. The Bertz CT molecular complexity index is 437. The molecule has 0 bridgehead atoms. The summed E-state index contributed by atoms with van der Waals surface area (Å²) in [5.74, 6) is 0.347. The lowest BCUT2D eigenvalue weighted by Gasteiger charge is -2.15. The fraction of sp³-hybridized carbons (Fsp3) is 0.700. The van der Waals surface area contributed by atoms with Gasteiger partial charge < -0.3 is 9.64 Å². The molecule has 0 amide bonds. The zero-order chi connectivity index (χ0) is 13.9. The minimum Gasteiger partial charge on any atom is -0.463 e. The van der Waals surface area contributed by atoms with Gasteiger partial charge in [0.05, 0.1) is 6.42 Å². The number of aromatic nitrogens is 3. The molecule has 0 saturated carbocycles. The summed E-state index contributed by atoms with van der Waals surface area (Å²) in [6.45, 7) is 1.05. The lowest BCUT2D eigenvalue weighted by Crippen LogP contribution is -2.21. The maximum Gasteiger partial charge on any atom is 0.392 e. The van der Waals surface area contributed by atoms with Gasteiger partial charge >= 0.3 is 12.2 Å². The molecule has 1 aromatic heterocycles. The van der Waals surface area contributed by atoms with Gasteiger partial charge in [0.2, 0.25) is 11.2 Å². The average molecular weight is 297 g/mol. The Morgan fingerprint density at radius 3 is 2.47 bits per heavy atom. The van der Waals surface area contributed by atoms with E-state index in [9.17, 15) is 13.2 Å². The van der Waals surface area contributed by atoms with Crippen molar-refractivity contribution in [2.24, 2.45) is 0 Å². The van der Waals surface area contributed by atoms with Crippen molar-refractivity contribution in [3.63, 3.8) is 0 Å². The zero-order valence-electron chi connectivity index (χ0n) is 9.95. The number of ether oxygens (including phenoxy) is 1. The molecule has 0 spiro atoms. The summed E-state index contributed by atoms with van der Waals surface area (Å²) in [5, 5.41) is -0.0843. The second-order valence-corrected chi connectivity index (χ2v) is 4.43. The third-order valence-corrected chi connectivity index (χ3v) is 2.75. The Kier molecular flexibility index (Phi) is 4.28. The van der Waals surface area contributed by atoms with Gasteiger partial charge in [0.1, 0.15) is 6.61 Å². The van der Waals surface area contributed by atoms with Gasteiger partial charge in [0, 0.05) is 13.1 Å². The second kappa shape index (κ2) is 5.77. The highest BCUT2D eigenvalue weighted by molar-refractivity contribution is 6.28. The van der Waals surface area contributed by atoms with Crippen LogP contribution in [0.5, 0.6) is 6.01 Å². The maximum absolute atomic E-state index is 12.0. The largest absolute Gasteiger partial charge is 0.463 e. The van der Waals surface area contributed by atoms with Gasteiger partial charge in [-0.1, -0.05) is 0 Å². The van der Waals surface area contributed by atoms with Gasteiger partial charge in [0.15, 0.2) is 0 Å². The van der Waals surface area contributed by atoms with E-state index in [2.05, 4.69) is 15.0 Å². The van der Waals surface area contributed by atoms with Crippen molar-refractivity contribution in [1.29, 1.82) is 0 Å². The van der Waals surface area contributed by atoms with Crippen molar-refractivity contribution in [3.05, 3.63) is 5.28 Å². The van der Waals surface area contributed by atoms with Gasteiger partial charge in [0.25, 0.3) is 0 Å². The van der Waals surface area contributed by atoms with E-state index in [4.69, 9.17) is 16.3 Å². The summed E-state index contributed by atoms with van der Waals surface area (Å²) in [4.78, 5) is 13.4. The third kappa shape index (κ3) is 4.38. The van der Waals surface area contributed by atoms with Gasteiger partial charge in [-0.15, -0.1) is 0 Å². The van der Waals surface area contributed by atoms with E-state index in [1.54, 1.807) is 0 Å². The van der Waals surface area contributed by atoms with Crippen LogP contribution in [0.15, 0.2) is 0 Å². The first-order valence-corrected chi connectivity index (χ1v) is 6.18. The first-order chi connectivity index (χ1) is 8.94. The highest BCUT2D eigenvalue weighted by atomic mass is 35.5. The molecule has 1 aliphatic rings. The highest BCUT2D eigenvalue weighted by Gasteiger charge is 2.27. The summed E-state index contributed by atoms with van der Waals surface area (Å²) < 4.78 is 40.9. The molecular weight excluding hydrogens is 285 g/mol. The molecule has 1 aromatic rings. The first kappa shape index (κ1) is 14.1. The van der Waals surface area contributed by atoms with E-state index in [1.165, 1.54) is 0 Å². The number of nitrogens with zero attached hydrogens (tertiary/aromatic N) is 4. The molecule has 1 saturated heterocycles. The van der Waals surface area contributed by atoms with Crippen LogP contribution in [0.1, 0.15) is 19.3 Å². The summed E-state index contributed by atoms with van der Waals surface area (Å²) in [5.41, 5.74) is 0. The minimum atomic E-state index is -4.27. The fourth-order valence-corrected chi connectivity index (χ4v) is 1.85. The number of hydrogen-bond donors (Lipinski definition) is 0. The predicted octanol–water partition coefficient (Wildman–Crippen LogP) is 2.46. The second-order valence-electron chi connectivity index (χ2n) is 4.09. The SMILES string of the molecule is FC(F)(F)CCOc1nc(Cl)nc(N2CCCC2)n1. The van der Waals surface area contributed by atoms with E-state index >= 15 is 0 Å². The van der Waals surface area contributed by atoms with E-state index in [-0.39, 0.29) is 11.3 Å². The molecule has 0 unspecified atom stereocenters. The first-order valence-electron chi connectivity index (χ1n) is 5.80. The lowest BCUT2D eigenvalue weighted by molar-refractivity contribution is -0.139. The smallest absolute Gasteiger partial charge is 0.392 e. The van der Waals surface area contributed by atoms with E-state index in [0.717, 1.165) is 25.9 Å². The van der Waals surface area contributed by atoms with Crippen LogP contribution >= 0.6 is 11.6 Å². The molecular formula is C10H12ClF3N4O. The summed E-state index contributed by atoms with van der Waals surface area (Å²) >= 11 is 5.71. The van der Waals surface area contributed by atoms with E-state index in [1.807, 2.05) is 4.90 Å². The Balaban J connectivity index is 2.00. The van der Waals surface area contributed by atoms with Crippen molar-refractivity contribution < 1.29 is 17.9 Å². The van der Waals surface area contributed by atoms with Crippen LogP contribution in [0.25, 0.3) is 0 Å². The topological polar surface area (TPSA) is 51.1 Å². The van der Waals surface area contributed by atoms with Crippen molar-refractivity contribution in [2.45, 2.75) is 25.4 Å². The van der Waals surface area contributed by atoms with Crippen molar-refractivity contribution in [1.82, 2.24) is 15.0 Å². The molecule has 0 radical (unpaired) electrons. The molecule has 1 fully saturated rings. The molecule has 5 nitrogen and oxygen atoms in total. The quantitative estimate of drug-likeness (QED) is 0.854. The number of alkyl halides is 3. The monoisotopic (exact) mass is 296 g/mol. The molecule has 0 N–H and O–H groups in total. The summed E-state index contributed by atoms with van der Waals surface area (Å²) in [7, 11) is 0. The van der Waals surface area contributed by atoms with Gasteiger partial charge in [-0.25, -0.2) is 0 Å². The van der Waals surface area contributed by atoms with Gasteiger partial charge in [-0.3, -0.25) is 0 Å². The van der Waals surface area contributed by atoms with Gasteiger partial charge in [-0.05, 0) is 24.4 Å². The summed E-state index contributed by atoms with van der Waals surface area (Å²) in [6, 6.07) is -0.175. The lowest BCUT2D eigenvalue weighted by atomic mass is 10.4. The molecule has 0 aliphatic carbocycles. The molecule has 1 aliphatic heterocycles. The maximum atomic E-state index is 12.0. The molecule has 2 heterocycles. The molecule has 106 valence electrons. The average Bonchev–Trinajstić information content (AvgIpc) is 2.79. The van der Waals surface area contributed by atoms with Crippen molar-refractivity contribution >= 4 is 17.5 Å². The van der Waals surface area contributed by atoms with Crippen LogP contribution in [0.2, 0.25) is 5.28 Å². The van der Waals surface area contributed by atoms with Gasteiger partial charge in [-0.2, -0.15) is 28.1 Å². The third-order valence-electron chi connectivity index (χ3n) is 2.58. The van der Waals surface area contributed by atoms with Crippen LogP contribution in [0, 0.1) is 0 Å². The molecule has 2 rings (SSSR count). The fourth-order valence-electron chi connectivity index (χ4n) is 1.70. The highest BCUT2D eigenvalue weighted by Crippen LogP contribution is 2.21. The Labute approximate surface area is 112 Å². The number of rotatable bonds is 4. The zero-order valence-corrected chi connectivity index (χ0v) is 10.7. The molecule has 19 heavy (non-hydrogen) atoms. The van der Waals surface area contributed by atoms with E-state index in [0.29, 0.717) is 5.95 Å². The minimum absolute atomic E-state index is 0.0843. The Morgan fingerprint density at radius 2 is 1.84 bits per heavy atom. The Hall–Kier alpha value is -1.31. The normalized spacial score (nSPS) is 15.9. The van der Waals surface area contributed by atoms with Crippen LogP contribution < -0.4 is 9.64 Å². The van der Waals surface area contributed by atoms with Crippen LogP contribution in [-0.2, 0) is 0 Å². The summed E-state index contributed by atoms with van der Waals surface area (Å²) in [6.07, 6.45) is -3.29. The number of halogens is 4. The number of anilines is 1. The van der Waals surface area contributed by atoms with Crippen molar-refractivity contribution in [2.75, 3.05) is 24.6 Å². The van der Waals surface area contributed by atoms with Crippen molar-refractivity contribution in [3.8, 4) is 6.01 Å². The number of hydrogen-bond acceptors (Lipinski definition) is 5. The standard InChI is InChI=1S/C10H12ClF3N4O/c11-7-15-8(18-4-1-2-5-18)17-9(16-7)19-6-3-10(12,13)14/h1-6H2. The molecule has 0 atom stereocenters.